The van der Waals surface area contributed by atoms with Crippen LogP contribution in [0.25, 0.3) is 0 Å². The summed E-state index contributed by atoms with van der Waals surface area (Å²) in [6.07, 6.45) is 0. The van der Waals surface area contributed by atoms with Crippen molar-refractivity contribution in [3.8, 4) is 0 Å². The number of hydrogen-bond acceptors (Lipinski definition) is 2. The lowest BCUT2D eigenvalue weighted by molar-refractivity contribution is 0.696. The minimum atomic E-state index is 0.921. The van der Waals surface area contributed by atoms with Gasteiger partial charge in [0.05, 0.1) is 0 Å². The standard InChI is InChI=1S/C15H18BrNS/c1-10-6-12(3)13(7-11(10)2)8-17-9-15-14(16)4-5-18-15/h4-7,17H,8-9H2,1-3H3. The van der Waals surface area contributed by atoms with E-state index in [0.29, 0.717) is 0 Å². The third-order valence-electron chi connectivity index (χ3n) is 3.24. The Bertz CT molecular complexity index is 545. The lowest BCUT2D eigenvalue weighted by Gasteiger charge is -2.10. The molecule has 96 valence electrons. The van der Waals surface area contributed by atoms with Crippen LogP contribution in [-0.4, -0.2) is 0 Å². The van der Waals surface area contributed by atoms with E-state index < -0.39 is 0 Å². The number of nitrogens with one attached hydrogen (secondary N) is 1. The molecule has 0 spiro atoms. The molecule has 1 heterocycles. The van der Waals surface area contributed by atoms with Gasteiger partial charge in [-0.05, 0) is 70.4 Å². The van der Waals surface area contributed by atoms with Gasteiger partial charge in [0, 0.05) is 22.4 Å². The first-order valence-electron chi connectivity index (χ1n) is 6.07. The Hall–Kier alpha value is -0.640. The molecule has 0 saturated carbocycles. The maximum absolute atomic E-state index is 3.56. The average Bonchev–Trinajstić information content (AvgIpc) is 2.72. The SMILES string of the molecule is Cc1cc(C)c(CNCc2sccc2Br)cc1C. The number of aryl methyl sites for hydroxylation is 3. The van der Waals surface area contributed by atoms with Crippen molar-refractivity contribution in [2.24, 2.45) is 0 Å². The van der Waals surface area contributed by atoms with Crippen molar-refractivity contribution < 1.29 is 0 Å². The summed E-state index contributed by atoms with van der Waals surface area (Å²) in [5.74, 6) is 0. The van der Waals surface area contributed by atoms with Gasteiger partial charge in [0.15, 0.2) is 0 Å². The highest BCUT2D eigenvalue weighted by molar-refractivity contribution is 9.10. The molecule has 1 N–H and O–H groups in total. The first-order chi connectivity index (χ1) is 8.58. The van der Waals surface area contributed by atoms with Crippen molar-refractivity contribution >= 4 is 27.3 Å². The Balaban J connectivity index is 1.99. The van der Waals surface area contributed by atoms with Gasteiger partial charge in [-0.25, -0.2) is 0 Å². The highest BCUT2D eigenvalue weighted by Crippen LogP contribution is 2.22. The van der Waals surface area contributed by atoms with Crippen LogP contribution in [0.4, 0.5) is 0 Å². The molecule has 0 radical (unpaired) electrons. The minimum Gasteiger partial charge on any atom is -0.308 e. The van der Waals surface area contributed by atoms with Gasteiger partial charge < -0.3 is 5.32 Å². The van der Waals surface area contributed by atoms with Crippen LogP contribution in [0.5, 0.6) is 0 Å². The molecule has 1 nitrogen and oxygen atoms in total. The van der Waals surface area contributed by atoms with Crippen LogP contribution in [0.15, 0.2) is 28.1 Å². The molecular weight excluding hydrogens is 306 g/mol. The normalized spacial score (nSPS) is 10.9. The predicted octanol–water partition coefficient (Wildman–Crippen LogP) is 4.73. The van der Waals surface area contributed by atoms with Crippen molar-refractivity contribution in [1.82, 2.24) is 5.32 Å². The fourth-order valence-electron chi connectivity index (χ4n) is 1.97. The topological polar surface area (TPSA) is 12.0 Å². The maximum Gasteiger partial charge on any atom is 0.0327 e. The van der Waals surface area contributed by atoms with E-state index in [1.165, 1.54) is 31.6 Å². The zero-order valence-corrected chi connectivity index (χ0v) is 13.4. The molecule has 0 aliphatic heterocycles. The van der Waals surface area contributed by atoms with E-state index in [1.807, 2.05) is 0 Å². The molecule has 1 aromatic heterocycles. The monoisotopic (exact) mass is 323 g/mol. The van der Waals surface area contributed by atoms with Crippen LogP contribution >= 0.6 is 27.3 Å². The molecule has 0 saturated heterocycles. The Morgan fingerprint density at radius 1 is 1.06 bits per heavy atom. The molecule has 0 fully saturated rings. The van der Waals surface area contributed by atoms with Crippen LogP contribution in [0.3, 0.4) is 0 Å². The third kappa shape index (κ3) is 3.22. The van der Waals surface area contributed by atoms with E-state index in [0.717, 1.165) is 13.1 Å². The number of rotatable bonds is 4. The van der Waals surface area contributed by atoms with Crippen molar-refractivity contribution in [2.75, 3.05) is 0 Å². The second-order valence-corrected chi connectivity index (χ2v) is 6.51. The van der Waals surface area contributed by atoms with Crippen LogP contribution in [-0.2, 0) is 13.1 Å². The summed E-state index contributed by atoms with van der Waals surface area (Å²) in [4.78, 5) is 1.36. The van der Waals surface area contributed by atoms with E-state index in [9.17, 15) is 0 Å². The summed E-state index contributed by atoms with van der Waals surface area (Å²) < 4.78 is 1.21. The van der Waals surface area contributed by atoms with Gasteiger partial charge in [0.2, 0.25) is 0 Å². The van der Waals surface area contributed by atoms with Crippen molar-refractivity contribution in [3.63, 3.8) is 0 Å². The van der Waals surface area contributed by atoms with Gasteiger partial charge >= 0.3 is 0 Å². The fourth-order valence-corrected chi connectivity index (χ4v) is 3.43. The summed E-state index contributed by atoms with van der Waals surface area (Å²) in [5, 5.41) is 5.63. The van der Waals surface area contributed by atoms with Crippen LogP contribution in [0.1, 0.15) is 27.1 Å². The number of halogens is 1. The van der Waals surface area contributed by atoms with Gasteiger partial charge in [0.1, 0.15) is 0 Å². The molecular formula is C15H18BrNS. The quantitative estimate of drug-likeness (QED) is 0.858. The Kier molecular flexibility index (Phi) is 4.60. The number of benzene rings is 1. The van der Waals surface area contributed by atoms with Gasteiger partial charge in [-0.3, -0.25) is 0 Å². The van der Waals surface area contributed by atoms with E-state index in [2.05, 4.69) is 65.6 Å². The van der Waals surface area contributed by atoms with Crippen LogP contribution in [0.2, 0.25) is 0 Å². The molecule has 1 aromatic carbocycles. The summed E-state index contributed by atoms with van der Waals surface area (Å²) in [6.45, 7) is 8.38. The van der Waals surface area contributed by atoms with Crippen LogP contribution in [0, 0.1) is 20.8 Å². The highest BCUT2D eigenvalue weighted by Gasteiger charge is 2.03. The molecule has 0 aliphatic carbocycles. The average molecular weight is 324 g/mol. The molecule has 2 aromatic rings. The first-order valence-corrected chi connectivity index (χ1v) is 7.74. The van der Waals surface area contributed by atoms with E-state index >= 15 is 0 Å². The molecule has 0 aliphatic rings. The van der Waals surface area contributed by atoms with E-state index in [4.69, 9.17) is 0 Å². The molecule has 0 bridgehead atoms. The summed E-state index contributed by atoms with van der Waals surface area (Å²) in [6, 6.07) is 6.66. The molecule has 0 unspecified atom stereocenters. The van der Waals surface area contributed by atoms with Crippen molar-refractivity contribution in [3.05, 3.63) is 55.2 Å². The largest absolute Gasteiger partial charge is 0.308 e. The van der Waals surface area contributed by atoms with Crippen molar-refractivity contribution in [2.45, 2.75) is 33.9 Å². The second kappa shape index (κ2) is 6.00. The maximum atomic E-state index is 3.56. The molecule has 18 heavy (non-hydrogen) atoms. The van der Waals surface area contributed by atoms with E-state index in [1.54, 1.807) is 11.3 Å². The zero-order valence-electron chi connectivity index (χ0n) is 11.0. The summed E-state index contributed by atoms with van der Waals surface area (Å²) in [5.41, 5.74) is 5.51. The third-order valence-corrected chi connectivity index (χ3v) is 5.17. The van der Waals surface area contributed by atoms with Crippen LogP contribution < -0.4 is 5.32 Å². The Morgan fingerprint density at radius 2 is 1.78 bits per heavy atom. The molecule has 3 heteroatoms. The summed E-state index contributed by atoms with van der Waals surface area (Å²) >= 11 is 5.34. The lowest BCUT2D eigenvalue weighted by atomic mass is 10.0. The van der Waals surface area contributed by atoms with Crippen molar-refractivity contribution in [1.29, 1.82) is 0 Å². The smallest absolute Gasteiger partial charge is 0.0327 e. The fraction of sp³-hybridized carbons (Fsp3) is 0.333. The molecule has 0 atom stereocenters. The van der Waals surface area contributed by atoms with Gasteiger partial charge in [0.25, 0.3) is 0 Å². The van der Waals surface area contributed by atoms with Gasteiger partial charge in [-0.1, -0.05) is 12.1 Å². The second-order valence-electron chi connectivity index (χ2n) is 4.66. The highest BCUT2D eigenvalue weighted by atomic mass is 79.9. The first kappa shape index (κ1) is 13.8. The lowest BCUT2D eigenvalue weighted by Crippen LogP contribution is -2.13. The predicted molar refractivity (Wildman–Crippen MR) is 83.2 cm³/mol. The minimum absolute atomic E-state index is 0.921. The number of thiophene rings is 1. The zero-order chi connectivity index (χ0) is 13.1. The van der Waals surface area contributed by atoms with E-state index in [-0.39, 0.29) is 0 Å². The Labute approximate surface area is 121 Å². The molecule has 0 amide bonds. The molecule has 2 rings (SSSR count). The van der Waals surface area contributed by atoms with Gasteiger partial charge in [-0.2, -0.15) is 0 Å². The summed E-state index contributed by atoms with van der Waals surface area (Å²) in [7, 11) is 0. The number of hydrogen-bond donors (Lipinski definition) is 1. The van der Waals surface area contributed by atoms with Gasteiger partial charge in [-0.15, -0.1) is 11.3 Å². The Morgan fingerprint density at radius 3 is 2.44 bits per heavy atom.